The zero-order valence-corrected chi connectivity index (χ0v) is 22.7. The Morgan fingerprint density at radius 2 is 1.97 bits per heavy atom. The summed E-state index contributed by atoms with van der Waals surface area (Å²) in [6.45, 7) is 5.37. The molecule has 4 heterocycles. The molecular formula is C28H33N7O4. The number of amides is 3. The number of likely N-dealkylation sites (N-methyl/N-ethyl adjacent to an activating group) is 1. The number of rotatable bonds is 6. The van der Waals surface area contributed by atoms with Crippen molar-refractivity contribution in [1.29, 1.82) is 0 Å². The van der Waals surface area contributed by atoms with Gasteiger partial charge in [-0.05, 0) is 65.0 Å². The third kappa shape index (κ3) is 5.63. The quantitative estimate of drug-likeness (QED) is 0.469. The summed E-state index contributed by atoms with van der Waals surface area (Å²) in [6.07, 6.45) is 5.02. The van der Waals surface area contributed by atoms with Crippen molar-refractivity contribution in [1.82, 2.24) is 24.3 Å². The van der Waals surface area contributed by atoms with Gasteiger partial charge in [0.1, 0.15) is 11.4 Å². The second-order valence-electron chi connectivity index (χ2n) is 10.3. The zero-order chi connectivity index (χ0) is 27.7. The van der Waals surface area contributed by atoms with Crippen LogP contribution < -0.4 is 15.4 Å². The molecule has 0 spiro atoms. The first-order chi connectivity index (χ1) is 18.7. The Balaban J connectivity index is 1.54. The van der Waals surface area contributed by atoms with Gasteiger partial charge in [0.15, 0.2) is 6.61 Å². The second kappa shape index (κ2) is 10.9. The zero-order valence-electron chi connectivity index (χ0n) is 22.7. The van der Waals surface area contributed by atoms with Crippen LogP contribution in [-0.2, 0) is 9.59 Å². The first-order valence-corrected chi connectivity index (χ1v) is 13.0. The number of ether oxygens (including phenoxy) is 1. The third-order valence-electron chi connectivity index (χ3n) is 6.81. The van der Waals surface area contributed by atoms with Crippen LogP contribution in [0.1, 0.15) is 40.6 Å². The van der Waals surface area contributed by atoms with Gasteiger partial charge in [-0.2, -0.15) is 0 Å². The molecule has 2 aliphatic heterocycles. The molecule has 2 aromatic heterocycles. The van der Waals surface area contributed by atoms with Gasteiger partial charge in [0.05, 0.1) is 17.1 Å². The molecule has 39 heavy (non-hydrogen) atoms. The minimum Gasteiger partial charge on any atom is -0.481 e. The maximum absolute atomic E-state index is 13.4. The van der Waals surface area contributed by atoms with Crippen molar-refractivity contribution in [2.75, 3.05) is 51.0 Å². The predicted octanol–water partition coefficient (Wildman–Crippen LogP) is 2.91. The number of likely N-dealkylation sites (tertiary alicyclic amines) is 1. The normalized spacial score (nSPS) is 17.3. The van der Waals surface area contributed by atoms with E-state index >= 15 is 0 Å². The molecule has 2 N–H and O–H groups in total. The summed E-state index contributed by atoms with van der Waals surface area (Å²) >= 11 is 0. The number of benzene rings is 1. The predicted molar refractivity (Wildman–Crippen MR) is 148 cm³/mol. The lowest BCUT2D eigenvalue weighted by atomic mass is 10.0. The minimum atomic E-state index is -0.315. The van der Waals surface area contributed by atoms with Gasteiger partial charge in [0.25, 0.3) is 11.8 Å². The van der Waals surface area contributed by atoms with Gasteiger partial charge >= 0.3 is 0 Å². The van der Waals surface area contributed by atoms with Crippen LogP contribution >= 0.6 is 0 Å². The molecule has 3 aromatic rings. The Morgan fingerprint density at radius 3 is 2.72 bits per heavy atom. The molecule has 0 unspecified atom stereocenters. The SMILES string of the molecule is Cc1cc(C(=O)Nc2nc3ccc4c(c3n2[C@@H]2CCCN(C(=O)/C=C/CN(C)C)C2)NC(=O)CO4)cc(C)n1. The Kier molecular flexibility index (Phi) is 7.34. The average molecular weight is 532 g/mol. The number of imidazole rings is 1. The molecule has 0 aliphatic carbocycles. The molecule has 1 saturated heterocycles. The number of hydrogen-bond donors (Lipinski definition) is 2. The molecule has 2 aliphatic rings. The van der Waals surface area contributed by atoms with E-state index in [-0.39, 0.29) is 30.4 Å². The lowest BCUT2D eigenvalue weighted by Gasteiger charge is -2.34. The number of carbonyl (C=O) groups excluding carboxylic acids is 3. The molecule has 204 valence electrons. The van der Waals surface area contributed by atoms with Crippen LogP contribution in [0.3, 0.4) is 0 Å². The summed E-state index contributed by atoms with van der Waals surface area (Å²) in [5.41, 5.74) is 3.73. The van der Waals surface area contributed by atoms with E-state index in [1.165, 1.54) is 0 Å². The monoisotopic (exact) mass is 531 g/mol. The summed E-state index contributed by atoms with van der Waals surface area (Å²) in [7, 11) is 3.90. The smallest absolute Gasteiger partial charge is 0.262 e. The van der Waals surface area contributed by atoms with Crippen molar-refractivity contribution in [3.05, 3.63) is 53.4 Å². The van der Waals surface area contributed by atoms with Gasteiger partial charge in [0, 0.05) is 42.7 Å². The Labute approximate surface area is 226 Å². The minimum absolute atomic E-state index is 0.0574. The molecule has 1 atom stereocenters. The van der Waals surface area contributed by atoms with E-state index in [2.05, 4.69) is 15.6 Å². The molecule has 5 rings (SSSR count). The van der Waals surface area contributed by atoms with Crippen molar-refractivity contribution >= 4 is 40.4 Å². The Bertz CT molecular complexity index is 1460. The first kappa shape index (κ1) is 26.4. The number of anilines is 2. The summed E-state index contributed by atoms with van der Waals surface area (Å²) in [6, 6.07) is 6.85. The average Bonchev–Trinajstić information content (AvgIpc) is 3.26. The summed E-state index contributed by atoms with van der Waals surface area (Å²) in [4.78, 5) is 51.5. The van der Waals surface area contributed by atoms with Crippen molar-refractivity contribution in [2.45, 2.75) is 32.7 Å². The number of aryl methyl sites for hydroxylation is 2. The maximum atomic E-state index is 13.4. The van der Waals surface area contributed by atoms with Gasteiger partial charge in [0.2, 0.25) is 11.9 Å². The maximum Gasteiger partial charge on any atom is 0.262 e. The number of nitrogens with one attached hydrogen (secondary N) is 2. The van der Waals surface area contributed by atoms with Crippen LogP contribution in [0.4, 0.5) is 11.6 Å². The van der Waals surface area contributed by atoms with Crippen molar-refractivity contribution in [3.63, 3.8) is 0 Å². The molecule has 1 aromatic carbocycles. The number of piperidine rings is 1. The Hall–Kier alpha value is -4.25. The lowest BCUT2D eigenvalue weighted by molar-refractivity contribution is -0.127. The topological polar surface area (TPSA) is 122 Å². The molecule has 11 heteroatoms. The Morgan fingerprint density at radius 1 is 1.21 bits per heavy atom. The fourth-order valence-electron chi connectivity index (χ4n) is 5.15. The molecule has 0 bridgehead atoms. The first-order valence-electron chi connectivity index (χ1n) is 13.0. The highest BCUT2D eigenvalue weighted by molar-refractivity contribution is 6.07. The van der Waals surface area contributed by atoms with E-state index < -0.39 is 0 Å². The van der Waals surface area contributed by atoms with Crippen molar-refractivity contribution in [3.8, 4) is 5.75 Å². The van der Waals surface area contributed by atoms with E-state index in [1.807, 2.05) is 54.5 Å². The van der Waals surface area contributed by atoms with Gasteiger partial charge in [-0.15, -0.1) is 0 Å². The number of nitrogens with zero attached hydrogens (tertiary/aromatic N) is 5. The van der Waals surface area contributed by atoms with E-state index in [1.54, 1.807) is 24.3 Å². The van der Waals surface area contributed by atoms with E-state index in [0.717, 1.165) is 24.2 Å². The highest BCUT2D eigenvalue weighted by Gasteiger charge is 2.31. The van der Waals surface area contributed by atoms with Gasteiger partial charge in [-0.3, -0.25) is 24.7 Å². The number of carbonyl (C=O) groups is 3. The second-order valence-corrected chi connectivity index (χ2v) is 10.3. The molecule has 1 fully saturated rings. The largest absolute Gasteiger partial charge is 0.481 e. The molecule has 3 amide bonds. The molecule has 0 saturated carbocycles. The fourth-order valence-corrected chi connectivity index (χ4v) is 5.15. The summed E-state index contributed by atoms with van der Waals surface area (Å²) in [5, 5.41) is 5.91. The number of pyridine rings is 1. The van der Waals surface area contributed by atoms with Crippen LogP contribution in [0, 0.1) is 13.8 Å². The number of hydrogen-bond acceptors (Lipinski definition) is 7. The van der Waals surface area contributed by atoms with Crippen LogP contribution in [0.2, 0.25) is 0 Å². The molecule has 0 radical (unpaired) electrons. The highest BCUT2D eigenvalue weighted by Crippen LogP contribution is 2.40. The van der Waals surface area contributed by atoms with Gasteiger partial charge < -0.3 is 24.4 Å². The van der Waals surface area contributed by atoms with Crippen LogP contribution in [0.25, 0.3) is 11.0 Å². The van der Waals surface area contributed by atoms with E-state index in [9.17, 15) is 14.4 Å². The van der Waals surface area contributed by atoms with Crippen LogP contribution in [-0.4, -0.2) is 82.4 Å². The third-order valence-corrected chi connectivity index (χ3v) is 6.81. The van der Waals surface area contributed by atoms with Gasteiger partial charge in [-0.25, -0.2) is 4.98 Å². The number of fused-ring (bicyclic) bond motifs is 3. The summed E-state index contributed by atoms with van der Waals surface area (Å²) in [5.74, 6) is 0.250. The van der Waals surface area contributed by atoms with Crippen molar-refractivity contribution in [2.24, 2.45) is 0 Å². The molecule has 11 nitrogen and oxygen atoms in total. The molecular weight excluding hydrogens is 498 g/mol. The van der Waals surface area contributed by atoms with Crippen LogP contribution in [0.15, 0.2) is 36.4 Å². The van der Waals surface area contributed by atoms with E-state index in [4.69, 9.17) is 9.72 Å². The number of aromatic nitrogens is 3. The lowest BCUT2D eigenvalue weighted by Crippen LogP contribution is -2.40. The summed E-state index contributed by atoms with van der Waals surface area (Å²) < 4.78 is 7.61. The fraction of sp³-hybridized carbons (Fsp3) is 0.393. The van der Waals surface area contributed by atoms with Gasteiger partial charge in [-0.1, -0.05) is 6.08 Å². The van der Waals surface area contributed by atoms with Crippen molar-refractivity contribution < 1.29 is 19.1 Å². The van der Waals surface area contributed by atoms with Crippen LogP contribution in [0.5, 0.6) is 5.75 Å². The highest BCUT2D eigenvalue weighted by atomic mass is 16.5. The van der Waals surface area contributed by atoms with E-state index in [0.29, 0.717) is 53.6 Å². The standard InChI is InChI=1S/C28H33N7O4/c1-17-13-19(14-18(2)29-17)27(38)32-28-30-21-9-10-22-25(31-23(36)16-39-22)26(21)35(28)20-7-5-12-34(15-20)24(37)8-6-11-33(3)4/h6,8-10,13-14,20H,5,7,11-12,15-16H2,1-4H3,(H,31,36)(H,30,32,38)/b8-6+/t20-/m1/s1.